The van der Waals surface area contributed by atoms with Crippen LogP contribution in [0.5, 0.6) is 0 Å². The molecule has 37 heavy (non-hydrogen) atoms. The van der Waals surface area contributed by atoms with Crippen molar-refractivity contribution in [3.63, 3.8) is 0 Å². The Labute approximate surface area is 220 Å². The third-order valence-corrected chi connectivity index (χ3v) is 8.16. The molecule has 1 fully saturated rings. The lowest BCUT2D eigenvalue weighted by atomic mass is 9.90. The number of hydrogen-bond donors (Lipinski definition) is 0. The number of aryl methyl sites for hydroxylation is 2. The maximum atomic E-state index is 5.25. The topological polar surface area (TPSA) is 40.4 Å². The van der Waals surface area contributed by atoms with Gasteiger partial charge in [0.1, 0.15) is 5.82 Å². The highest BCUT2D eigenvalue weighted by Crippen LogP contribution is 2.36. The molecule has 6 rings (SSSR count). The SMILES string of the molecule is CCn1c(CN(Cc2ccccc2)[C@H]2CCCc3cccnc32)nc2cccc(N3CCN(C)CC3)c21. The maximum absolute atomic E-state index is 5.25. The zero-order valence-electron chi connectivity index (χ0n) is 22.2. The monoisotopic (exact) mass is 494 g/mol. The van der Waals surface area contributed by atoms with Gasteiger partial charge in [0.2, 0.25) is 0 Å². The number of fused-ring (bicyclic) bond motifs is 2. The molecule has 0 radical (unpaired) electrons. The zero-order chi connectivity index (χ0) is 25.2. The number of rotatable bonds is 7. The number of para-hydroxylation sites is 1. The minimum atomic E-state index is 0.298. The van der Waals surface area contributed by atoms with Crippen LogP contribution in [-0.2, 0) is 26.1 Å². The maximum Gasteiger partial charge on any atom is 0.124 e. The number of benzene rings is 2. The van der Waals surface area contributed by atoms with Gasteiger partial charge in [-0.3, -0.25) is 9.88 Å². The first kappa shape index (κ1) is 24.1. The Bertz CT molecular complexity index is 1340. The number of imidazole rings is 1. The van der Waals surface area contributed by atoms with Crippen LogP contribution < -0.4 is 4.90 Å². The molecule has 1 atom stereocenters. The lowest BCUT2D eigenvalue weighted by molar-refractivity contribution is 0.151. The molecule has 1 saturated heterocycles. The van der Waals surface area contributed by atoms with Crippen LogP contribution >= 0.6 is 0 Å². The molecule has 0 saturated carbocycles. The fourth-order valence-corrected chi connectivity index (χ4v) is 6.19. The van der Waals surface area contributed by atoms with E-state index in [1.165, 1.54) is 34.4 Å². The first-order valence-electron chi connectivity index (χ1n) is 13.8. The highest BCUT2D eigenvalue weighted by molar-refractivity contribution is 5.89. The highest BCUT2D eigenvalue weighted by atomic mass is 15.3. The van der Waals surface area contributed by atoms with Crippen LogP contribution in [0.1, 0.15) is 48.5 Å². The number of likely N-dealkylation sites (N-methyl/N-ethyl adjacent to an activating group) is 1. The summed E-state index contributed by atoms with van der Waals surface area (Å²) in [6.45, 7) is 9.18. The van der Waals surface area contributed by atoms with E-state index in [-0.39, 0.29) is 0 Å². The quantitative estimate of drug-likeness (QED) is 0.350. The van der Waals surface area contributed by atoms with Gasteiger partial charge < -0.3 is 14.4 Å². The van der Waals surface area contributed by atoms with Gasteiger partial charge in [-0.15, -0.1) is 0 Å². The van der Waals surface area contributed by atoms with E-state index >= 15 is 0 Å². The molecule has 0 amide bonds. The molecular weight excluding hydrogens is 456 g/mol. The Morgan fingerprint density at radius 1 is 0.919 bits per heavy atom. The summed E-state index contributed by atoms with van der Waals surface area (Å²) < 4.78 is 2.46. The van der Waals surface area contributed by atoms with E-state index in [1.54, 1.807) is 0 Å². The summed E-state index contributed by atoms with van der Waals surface area (Å²) in [5.41, 5.74) is 7.70. The predicted octanol–water partition coefficient (Wildman–Crippen LogP) is 5.28. The van der Waals surface area contributed by atoms with Crippen molar-refractivity contribution in [2.75, 3.05) is 38.1 Å². The fraction of sp³-hybridized carbons (Fsp3) is 0.419. The molecule has 0 bridgehead atoms. The summed E-state index contributed by atoms with van der Waals surface area (Å²) >= 11 is 0. The van der Waals surface area contributed by atoms with Crippen molar-refractivity contribution in [2.24, 2.45) is 0 Å². The number of aromatic nitrogens is 3. The molecule has 1 aliphatic heterocycles. The lowest BCUT2D eigenvalue weighted by Crippen LogP contribution is -2.44. The van der Waals surface area contributed by atoms with Gasteiger partial charge in [0.25, 0.3) is 0 Å². The van der Waals surface area contributed by atoms with Gasteiger partial charge in [0, 0.05) is 45.5 Å². The molecule has 6 nitrogen and oxygen atoms in total. The molecule has 6 heteroatoms. The Balaban J connectivity index is 1.39. The van der Waals surface area contributed by atoms with Crippen LogP contribution in [-0.4, -0.2) is 57.6 Å². The van der Waals surface area contributed by atoms with Gasteiger partial charge in [0.05, 0.1) is 35.0 Å². The van der Waals surface area contributed by atoms with Gasteiger partial charge in [0.15, 0.2) is 0 Å². The summed E-state index contributed by atoms with van der Waals surface area (Å²) in [6.07, 6.45) is 5.42. The number of pyridine rings is 1. The van der Waals surface area contributed by atoms with Crippen molar-refractivity contribution >= 4 is 16.7 Å². The minimum Gasteiger partial charge on any atom is -0.367 e. The molecule has 1 aliphatic carbocycles. The first-order valence-corrected chi connectivity index (χ1v) is 13.8. The van der Waals surface area contributed by atoms with Crippen LogP contribution in [0.15, 0.2) is 66.9 Å². The molecule has 2 aromatic heterocycles. The highest BCUT2D eigenvalue weighted by Gasteiger charge is 2.29. The molecule has 4 aromatic rings. The summed E-state index contributed by atoms with van der Waals surface area (Å²) in [7, 11) is 2.21. The Morgan fingerprint density at radius 2 is 1.76 bits per heavy atom. The molecule has 192 valence electrons. The van der Waals surface area contributed by atoms with Gasteiger partial charge in [-0.25, -0.2) is 4.98 Å². The molecular formula is C31H38N6. The molecule has 2 aliphatic rings. The van der Waals surface area contributed by atoms with Crippen LogP contribution in [0.4, 0.5) is 5.69 Å². The zero-order valence-corrected chi connectivity index (χ0v) is 22.2. The van der Waals surface area contributed by atoms with Crippen LogP contribution in [0.25, 0.3) is 11.0 Å². The van der Waals surface area contributed by atoms with Crippen LogP contribution in [0.3, 0.4) is 0 Å². The number of piperazine rings is 1. The van der Waals surface area contributed by atoms with E-state index in [1.807, 2.05) is 6.20 Å². The van der Waals surface area contributed by atoms with Gasteiger partial charge in [-0.05, 0) is 62.6 Å². The first-order chi connectivity index (χ1) is 18.2. The Morgan fingerprint density at radius 3 is 2.57 bits per heavy atom. The average Bonchev–Trinajstić information content (AvgIpc) is 3.30. The second-order valence-corrected chi connectivity index (χ2v) is 10.6. The minimum absolute atomic E-state index is 0.298. The number of nitrogens with zero attached hydrogens (tertiary/aromatic N) is 6. The van der Waals surface area contributed by atoms with E-state index < -0.39 is 0 Å². The van der Waals surface area contributed by atoms with E-state index in [9.17, 15) is 0 Å². The van der Waals surface area contributed by atoms with Gasteiger partial charge in [-0.2, -0.15) is 0 Å². The van der Waals surface area contributed by atoms with Crippen LogP contribution in [0, 0.1) is 0 Å². The molecule has 0 unspecified atom stereocenters. The van der Waals surface area contributed by atoms with E-state index in [4.69, 9.17) is 9.97 Å². The number of hydrogen-bond acceptors (Lipinski definition) is 5. The van der Waals surface area contributed by atoms with Crippen molar-refractivity contribution < 1.29 is 0 Å². The summed E-state index contributed by atoms with van der Waals surface area (Å²) in [6, 6.07) is 22.2. The third-order valence-electron chi connectivity index (χ3n) is 8.16. The molecule has 0 spiro atoms. The van der Waals surface area contributed by atoms with E-state index in [0.29, 0.717) is 6.04 Å². The predicted molar refractivity (Wildman–Crippen MR) is 151 cm³/mol. The fourth-order valence-electron chi connectivity index (χ4n) is 6.19. The van der Waals surface area contributed by atoms with Crippen molar-refractivity contribution in [1.82, 2.24) is 24.3 Å². The molecule has 0 N–H and O–H groups in total. The van der Waals surface area contributed by atoms with Crippen molar-refractivity contribution in [1.29, 1.82) is 0 Å². The Hall–Kier alpha value is -3.22. The van der Waals surface area contributed by atoms with Crippen LogP contribution in [0.2, 0.25) is 0 Å². The van der Waals surface area contributed by atoms with Gasteiger partial charge in [-0.1, -0.05) is 42.5 Å². The lowest BCUT2D eigenvalue weighted by Gasteiger charge is -2.35. The van der Waals surface area contributed by atoms with E-state index in [2.05, 4.69) is 93.9 Å². The molecule has 2 aromatic carbocycles. The van der Waals surface area contributed by atoms with E-state index in [0.717, 1.165) is 70.0 Å². The van der Waals surface area contributed by atoms with Crippen molar-refractivity contribution in [3.05, 3.63) is 89.5 Å². The van der Waals surface area contributed by atoms with Crippen molar-refractivity contribution in [2.45, 2.75) is 51.9 Å². The van der Waals surface area contributed by atoms with Crippen molar-refractivity contribution in [3.8, 4) is 0 Å². The second-order valence-electron chi connectivity index (χ2n) is 10.6. The molecule has 3 heterocycles. The Kier molecular flexibility index (Phi) is 6.94. The third kappa shape index (κ3) is 4.88. The normalized spacial score (nSPS) is 18.5. The summed E-state index contributed by atoms with van der Waals surface area (Å²) in [5, 5.41) is 0. The second kappa shape index (κ2) is 10.6. The smallest absolute Gasteiger partial charge is 0.124 e. The number of anilines is 1. The average molecular weight is 495 g/mol. The summed E-state index contributed by atoms with van der Waals surface area (Å²) in [4.78, 5) is 17.7. The standard InChI is InChI=1S/C31H38N6/c1-3-37-29(33-26-14-8-16-28(31(26)37)35-20-18-34(2)19-21-35)23-36(22-24-10-5-4-6-11-24)27-15-7-12-25-13-9-17-32-30(25)27/h4-6,8-11,13-14,16-17,27H,3,7,12,15,18-23H2,1-2H3/t27-/m0/s1. The summed E-state index contributed by atoms with van der Waals surface area (Å²) in [5.74, 6) is 1.15. The largest absolute Gasteiger partial charge is 0.367 e. The van der Waals surface area contributed by atoms with Gasteiger partial charge >= 0.3 is 0 Å².